The van der Waals surface area contributed by atoms with Gasteiger partial charge in [-0.15, -0.1) is 0 Å². The van der Waals surface area contributed by atoms with E-state index in [2.05, 4.69) is 11.4 Å². The van der Waals surface area contributed by atoms with Gasteiger partial charge in [0.15, 0.2) is 0 Å². The van der Waals surface area contributed by atoms with Crippen molar-refractivity contribution in [3.63, 3.8) is 0 Å². The number of benzene rings is 2. The molecule has 0 saturated carbocycles. The smallest absolute Gasteiger partial charge is 0.243 e. The molecule has 156 valence electrons. The first kappa shape index (κ1) is 21.5. The fourth-order valence-corrected chi connectivity index (χ4v) is 5.29. The van der Waals surface area contributed by atoms with Gasteiger partial charge in [0, 0.05) is 13.1 Å². The van der Waals surface area contributed by atoms with Crippen LogP contribution in [0.25, 0.3) is 0 Å². The van der Waals surface area contributed by atoms with Crippen molar-refractivity contribution < 1.29 is 17.6 Å². The maximum absolute atomic E-state index is 13.1. The average molecular weight is 419 g/mol. The first-order chi connectivity index (χ1) is 13.7. The molecule has 2 aromatic rings. The Labute approximate surface area is 172 Å². The molecule has 1 fully saturated rings. The lowest BCUT2D eigenvalue weighted by Gasteiger charge is -2.32. The topological polar surface area (TPSA) is 66.5 Å². The van der Waals surface area contributed by atoms with Gasteiger partial charge in [-0.25, -0.2) is 12.8 Å². The predicted octanol–water partition coefficient (Wildman–Crippen LogP) is 3.72. The van der Waals surface area contributed by atoms with Gasteiger partial charge in [-0.05, 0) is 69.0 Å². The number of nitrogens with zero attached hydrogens (tertiary/aromatic N) is 1. The van der Waals surface area contributed by atoms with Crippen molar-refractivity contribution >= 4 is 15.9 Å². The summed E-state index contributed by atoms with van der Waals surface area (Å²) in [7, 11) is -3.75. The molecule has 2 atom stereocenters. The van der Waals surface area contributed by atoms with Gasteiger partial charge in [-0.3, -0.25) is 4.79 Å². The summed E-state index contributed by atoms with van der Waals surface area (Å²) in [6.07, 6.45) is 1.25. The van der Waals surface area contributed by atoms with Crippen molar-refractivity contribution in [2.75, 3.05) is 13.1 Å². The number of carbonyl (C=O) groups is 1. The van der Waals surface area contributed by atoms with E-state index in [1.807, 2.05) is 32.9 Å². The predicted molar refractivity (Wildman–Crippen MR) is 110 cm³/mol. The fourth-order valence-electron chi connectivity index (χ4n) is 3.77. The second-order valence-electron chi connectivity index (χ2n) is 7.75. The molecule has 29 heavy (non-hydrogen) atoms. The van der Waals surface area contributed by atoms with Crippen LogP contribution in [0, 0.1) is 25.6 Å². The van der Waals surface area contributed by atoms with Crippen LogP contribution in [0.1, 0.15) is 42.5 Å². The van der Waals surface area contributed by atoms with Gasteiger partial charge in [0.1, 0.15) is 5.82 Å². The van der Waals surface area contributed by atoms with Crippen molar-refractivity contribution in [3.8, 4) is 0 Å². The van der Waals surface area contributed by atoms with E-state index < -0.39 is 21.8 Å². The lowest BCUT2D eigenvalue weighted by molar-refractivity contribution is -0.126. The molecule has 0 aromatic heterocycles. The standard InChI is InChI=1S/C22H27FN2O3S/c1-15-6-7-16(2)21(13-15)17(3)24-22(26)18-5-4-12-25(14-18)29(27,28)20-10-8-19(23)9-11-20/h6-11,13,17-18H,4-5,12,14H2,1-3H3,(H,24,26)/t17-,18+/m1/s1. The summed E-state index contributed by atoms with van der Waals surface area (Å²) < 4.78 is 40.2. The summed E-state index contributed by atoms with van der Waals surface area (Å²) in [5.41, 5.74) is 3.29. The quantitative estimate of drug-likeness (QED) is 0.805. The summed E-state index contributed by atoms with van der Waals surface area (Å²) in [6, 6.07) is 10.8. The summed E-state index contributed by atoms with van der Waals surface area (Å²) in [5.74, 6) is -1.04. The number of amides is 1. The van der Waals surface area contributed by atoms with Crippen LogP contribution in [-0.2, 0) is 14.8 Å². The van der Waals surface area contributed by atoms with Crippen molar-refractivity contribution in [2.45, 2.75) is 44.6 Å². The summed E-state index contributed by atoms with van der Waals surface area (Å²) in [4.78, 5) is 12.9. The zero-order valence-corrected chi connectivity index (χ0v) is 17.8. The van der Waals surface area contributed by atoms with E-state index in [9.17, 15) is 17.6 Å². The third kappa shape index (κ3) is 4.85. The van der Waals surface area contributed by atoms with E-state index in [0.717, 1.165) is 28.8 Å². The molecule has 7 heteroatoms. The molecule has 1 aliphatic heterocycles. The lowest BCUT2D eigenvalue weighted by atomic mass is 9.96. The molecule has 0 spiro atoms. The Morgan fingerprint density at radius 3 is 2.55 bits per heavy atom. The SMILES string of the molecule is Cc1ccc(C)c([C@@H](C)NC(=O)[C@H]2CCCN(S(=O)(=O)c3ccc(F)cc3)C2)c1. The number of rotatable bonds is 5. The highest BCUT2D eigenvalue weighted by atomic mass is 32.2. The Hall–Kier alpha value is -2.25. The second kappa shape index (κ2) is 8.63. The van der Waals surface area contributed by atoms with Crippen LogP contribution in [-0.4, -0.2) is 31.7 Å². The van der Waals surface area contributed by atoms with Crippen LogP contribution in [0.15, 0.2) is 47.4 Å². The Morgan fingerprint density at radius 2 is 1.86 bits per heavy atom. The molecule has 1 saturated heterocycles. The normalized spacial score (nSPS) is 19.0. The molecule has 1 amide bonds. The molecule has 2 aromatic carbocycles. The van der Waals surface area contributed by atoms with E-state index in [1.165, 1.54) is 16.4 Å². The highest BCUT2D eigenvalue weighted by Gasteiger charge is 2.33. The van der Waals surface area contributed by atoms with Crippen LogP contribution in [0.2, 0.25) is 0 Å². The Bertz CT molecular complexity index is 990. The minimum absolute atomic E-state index is 0.0451. The van der Waals surface area contributed by atoms with E-state index in [0.29, 0.717) is 19.4 Å². The molecule has 0 radical (unpaired) electrons. The van der Waals surface area contributed by atoms with Crippen molar-refractivity contribution in [3.05, 3.63) is 65.0 Å². The first-order valence-electron chi connectivity index (χ1n) is 9.81. The maximum Gasteiger partial charge on any atom is 0.243 e. The highest BCUT2D eigenvalue weighted by molar-refractivity contribution is 7.89. The van der Waals surface area contributed by atoms with Crippen LogP contribution in [0.5, 0.6) is 0 Å². The zero-order valence-electron chi connectivity index (χ0n) is 17.0. The number of piperidine rings is 1. The van der Waals surface area contributed by atoms with Gasteiger partial charge in [-0.2, -0.15) is 4.31 Å². The Morgan fingerprint density at radius 1 is 1.17 bits per heavy atom. The van der Waals surface area contributed by atoms with E-state index >= 15 is 0 Å². The number of nitrogens with one attached hydrogen (secondary N) is 1. The molecular weight excluding hydrogens is 391 g/mol. The number of hydrogen-bond donors (Lipinski definition) is 1. The van der Waals surface area contributed by atoms with Gasteiger partial charge < -0.3 is 5.32 Å². The van der Waals surface area contributed by atoms with Gasteiger partial charge in [0.25, 0.3) is 0 Å². The average Bonchev–Trinajstić information content (AvgIpc) is 2.70. The highest BCUT2D eigenvalue weighted by Crippen LogP contribution is 2.25. The van der Waals surface area contributed by atoms with Gasteiger partial charge in [-0.1, -0.05) is 23.8 Å². The van der Waals surface area contributed by atoms with E-state index in [4.69, 9.17) is 0 Å². The minimum Gasteiger partial charge on any atom is -0.349 e. The number of hydrogen-bond acceptors (Lipinski definition) is 3. The summed E-state index contributed by atoms with van der Waals surface area (Å²) in [6.45, 7) is 6.45. The van der Waals surface area contributed by atoms with E-state index in [-0.39, 0.29) is 23.4 Å². The number of carbonyl (C=O) groups excluding carboxylic acids is 1. The number of halogens is 1. The van der Waals surface area contributed by atoms with Gasteiger partial charge in [0.05, 0.1) is 16.9 Å². The molecule has 1 N–H and O–H groups in total. The molecule has 1 heterocycles. The van der Waals surface area contributed by atoms with Crippen LogP contribution in [0.3, 0.4) is 0 Å². The molecule has 3 rings (SSSR count). The third-order valence-electron chi connectivity index (χ3n) is 5.47. The van der Waals surface area contributed by atoms with Gasteiger partial charge in [0.2, 0.25) is 15.9 Å². The second-order valence-corrected chi connectivity index (χ2v) is 9.68. The monoisotopic (exact) mass is 418 g/mol. The van der Waals surface area contributed by atoms with Crippen LogP contribution in [0.4, 0.5) is 4.39 Å². The van der Waals surface area contributed by atoms with Crippen LogP contribution < -0.4 is 5.32 Å². The first-order valence-corrected chi connectivity index (χ1v) is 11.3. The maximum atomic E-state index is 13.1. The molecule has 5 nitrogen and oxygen atoms in total. The Balaban J connectivity index is 1.70. The third-order valence-corrected chi connectivity index (χ3v) is 7.35. The molecule has 1 aliphatic rings. The molecule has 0 bridgehead atoms. The van der Waals surface area contributed by atoms with Gasteiger partial charge >= 0.3 is 0 Å². The molecular formula is C22H27FN2O3S. The number of sulfonamides is 1. The van der Waals surface area contributed by atoms with Crippen molar-refractivity contribution in [2.24, 2.45) is 5.92 Å². The van der Waals surface area contributed by atoms with E-state index in [1.54, 1.807) is 0 Å². The van der Waals surface area contributed by atoms with Crippen LogP contribution >= 0.6 is 0 Å². The molecule has 0 unspecified atom stereocenters. The summed E-state index contributed by atoms with van der Waals surface area (Å²) >= 11 is 0. The van der Waals surface area contributed by atoms with Crippen molar-refractivity contribution in [1.29, 1.82) is 0 Å². The zero-order chi connectivity index (χ0) is 21.2. The largest absolute Gasteiger partial charge is 0.349 e. The summed E-state index contributed by atoms with van der Waals surface area (Å²) in [5, 5.41) is 3.04. The Kier molecular flexibility index (Phi) is 6.39. The minimum atomic E-state index is -3.75. The fraction of sp³-hybridized carbons (Fsp3) is 0.409. The molecule has 0 aliphatic carbocycles. The number of aryl methyl sites for hydroxylation is 2. The lowest BCUT2D eigenvalue weighted by Crippen LogP contribution is -2.45. The van der Waals surface area contributed by atoms with Crippen molar-refractivity contribution in [1.82, 2.24) is 9.62 Å².